The number of benzene rings is 1. The summed E-state index contributed by atoms with van der Waals surface area (Å²) in [6, 6.07) is 12.5. The fourth-order valence-electron chi connectivity index (χ4n) is 4.70. The molecule has 2 N–H and O–H groups in total. The van der Waals surface area contributed by atoms with Crippen molar-refractivity contribution in [3.8, 4) is 27.4 Å². The molecule has 1 amide bonds. The lowest BCUT2D eigenvalue weighted by atomic mass is 10.0. The van der Waals surface area contributed by atoms with Gasteiger partial charge in [-0.25, -0.2) is 4.98 Å². The average molecular weight is 533 g/mol. The van der Waals surface area contributed by atoms with E-state index in [0.29, 0.717) is 22.3 Å². The van der Waals surface area contributed by atoms with Crippen LogP contribution in [0, 0.1) is 0 Å². The van der Waals surface area contributed by atoms with Gasteiger partial charge in [-0.05, 0) is 72.2 Å². The van der Waals surface area contributed by atoms with Gasteiger partial charge in [-0.15, -0.1) is 16.4 Å². The van der Waals surface area contributed by atoms with Crippen molar-refractivity contribution in [2.75, 3.05) is 6.54 Å². The minimum atomic E-state index is -0.202. The summed E-state index contributed by atoms with van der Waals surface area (Å²) >= 11 is 7.70. The van der Waals surface area contributed by atoms with Crippen molar-refractivity contribution in [1.29, 1.82) is 0 Å². The minimum absolute atomic E-state index is 0.0893. The Kier molecular flexibility index (Phi) is 5.93. The fourth-order valence-corrected chi connectivity index (χ4v) is 5.76. The molecule has 0 spiro atoms. The molecule has 1 atom stereocenters. The van der Waals surface area contributed by atoms with E-state index in [1.54, 1.807) is 27.6 Å². The van der Waals surface area contributed by atoms with Crippen LogP contribution in [0.15, 0.2) is 59.8 Å². The van der Waals surface area contributed by atoms with Crippen LogP contribution in [0.4, 0.5) is 0 Å². The molecule has 0 bridgehead atoms. The van der Waals surface area contributed by atoms with Gasteiger partial charge >= 0.3 is 0 Å². The number of carbonyl (C=O) groups is 1. The predicted octanol–water partition coefficient (Wildman–Crippen LogP) is 3.88. The number of amides is 1. The molecule has 0 aliphatic carbocycles. The van der Waals surface area contributed by atoms with Crippen LogP contribution in [0.25, 0.3) is 27.4 Å². The molecule has 5 heterocycles. The molecule has 186 valence electrons. The number of aromatic amines is 1. The highest BCUT2D eigenvalue weighted by Gasteiger charge is 2.28. The third kappa shape index (κ3) is 4.25. The van der Waals surface area contributed by atoms with Crippen LogP contribution in [0.5, 0.6) is 0 Å². The second kappa shape index (κ2) is 9.41. The Labute approximate surface area is 220 Å². The van der Waals surface area contributed by atoms with Crippen molar-refractivity contribution in [1.82, 2.24) is 40.1 Å². The van der Waals surface area contributed by atoms with E-state index in [-0.39, 0.29) is 17.5 Å². The smallest absolute Gasteiger partial charge is 0.261 e. The standard InChI is InChI=1S/C25H21ClN8O2S/c1-2-27-25(36)22-8-7-21(37-22)18-12-28-24(30-18)20-6-4-16-9-14(10-23(35)34(16)20)17-11-15(26)3-5-19(17)33-13-29-31-32-33/h3,5,7-13,20H,2,4,6H2,1H3,(H,27,36)(H,28,30)/t20-/m0/s1. The highest BCUT2D eigenvalue weighted by Crippen LogP contribution is 2.35. The lowest BCUT2D eigenvalue weighted by Gasteiger charge is -2.15. The summed E-state index contributed by atoms with van der Waals surface area (Å²) in [4.78, 5) is 35.0. The van der Waals surface area contributed by atoms with E-state index in [0.717, 1.165) is 45.9 Å². The van der Waals surface area contributed by atoms with E-state index in [2.05, 4.69) is 30.8 Å². The number of carbonyl (C=O) groups excluding carboxylic acids is 1. The molecule has 0 radical (unpaired) electrons. The number of aromatic nitrogens is 7. The van der Waals surface area contributed by atoms with E-state index in [1.807, 2.05) is 37.3 Å². The van der Waals surface area contributed by atoms with Gasteiger partial charge in [-0.3, -0.25) is 9.59 Å². The van der Waals surface area contributed by atoms with E-state index in [1.165, 1.54) is 17.7 Å². The maximum Gasteiger partial charge on any atom is 0.261 e. The van der Waals surface area contributed by atoms with Gasteiger partial charge in [-0.2, -0.15) is 4.68 Å². The van der Waals surface area contributed by atoms with Crippen molar-refractivity contribution >= 4 is 28.8 Å². The third-order valence-corrected chi connectivity index (χ3v) is 7.70. The van der Waals surface area contributed by atoms with Crippen LogP contribution < -0.4 is 10.9 Å². The van der Waals surface area contributed by atoms with Crippen molar-refractivity contribution in [3.63, 3.8) is 0 Å². The van der Waals surface area contributed by atoms with Crippen LogP contribution in [0.1, 0.15) is 40.6 Å². The molecule has 0 fully saturated rings. The Balaban J connectivity index is 1.33. The van der Waals surface area contributed by atoms with Crippen LogP contribution in [0.2, 0.25) is 5.02 Å². The van der Waals surface area contributed by atoms with Gasteiger partial charge in [0.25, 0.3) is 11.5 Å². The highest BCUT2D eigenvalue weighted by atomic mass is 35.5. The number of halogens is 1. The SMILES string of the molecule is CCNC(=O)c1ccc(-c2cnc([C@@H]3CCc4cc(-c5cc(Cl)ccc5-n5cnnn5)cc(=O)n43)[nH]2)s1. The Morgan fingerprint density at radius 3 is 2.95 bits per heavy atom. The lowest BCUT2D eigenvalue weighted by Crippen LogP contribution is -2.23. The highest BCUT2D eigenvalue weighted by molar-refractivity contribution is 7.17. The van der Waals surface area contributed by atoms with Crippen molar-refractivity contribution < 1.29 is 4.79 Å². The summed E-state index contributed by atoms with van der Waals surface area (Å²) in [6.45, 7) is 2.47. The summed E-state index contributed by atoms with van der Waals surface area (Å²) in [5.74, 6) is 0.627. The summed E-state index contributed by atoms with van der Waals surface area (Å²) in [7, 11) is 0. The Bertz CT molecular complexity index is 1670. The van der Waals surface area contributed by atoms with Gasteiger partial charge < -0.3 is 14.9 Å². The molecular formula is C25H21ClN8O2S. The molecule has 1 aliphatic heterocycles. The number of hydrogen-bond donors (Lipinski definition) is 2. The number of aryl methyl sites for hydroxylation is 1. The first-order valence-corrected chi connectivity index (χ1v) is 12.9. The first kappa shape index (κ1) is 23.3. The predicted molar refractivity (Wildman–Crippen MR) is 140 cm³/mol. The van der Waals surface area contributed by atoms with Crippen LogP contribution >= 0.6 is 22.9 Å². The summed E-state index contributed by atoms with van der Waals surface area (Å²) in [6.07, 6.45) is 4.73. The van der Waals surface area contributed by atoms with E-state index in [9.17, 15) is 9.59 Å². The largest absolute Gasteiger partial charge is 0.352 e. The number of thiophene rings is 1. The number of tetrazole rings is 1. The molecule has 5 aromatic rings. The van der Waals surface area contributed by atoms with E-state index >= 15 is 0 Å². The molecule has 0 saturated carbocycles. The number of pyridine rings is 1. The van der Waals surface area contributed by atoms with Crippen LogP contribution in [0.3, 0.4) is 0 Å². The molecule has 37 heavy (non-hydrogen) atoms. The molecule has 0 unspecified atom stereocenters. The zero-order chi connectivity index (χ0) is 25.5. The molecule has 4 aromatic heterocycles. The lowest BCUT2D eigenvalue weighted by molar-refractivity contribution is 0.0960. The molecule has 6 rings (SSSR count). The molecule has 0 saturated heterocycles. The normalized spacial score (nSPS) is 14.6. The number of imidazole rings is 1. The summed E-state index contributed by atoms with van der Waals surface area (Å²) in [5, 5.41) is 14.8. The Morgan fingerprint density at radius 2 is 2.14 bits per heavy atom. The summed E-state index contributed by atoms with van der Waals surface area (Å²) < 4.78 is 3.34. The minimum Gasteiger partial charge on any atom is -0.352 e. The zero-order valence-corrected chi connectivity index (χ0v) is 21.3. The molecule has 10 nitrogen and oxygen atoms in total. The number of hydrogen-bond acceptors (Lipinski definition) is 7. The molecular weight excluding hydrogens is 512 g/mol. The van der Waals surface area contributed by atoms with Gasteiger partial charge in [0.15, 0.2) is 0 Å². The van der Waals surface area contributed by atoms with Crippen LogP contribution in [-0.2, 0) is 6.42 Å². The molecule has 1 aromatic carbocycles. The maximum atomic E-state index is 13.4. The number of nitrogens with one attached hydrogen (secondary N) is 2. The molecule has 1 aliphatic rings. The van der Waals surface area contributed by atoms with Crippen molar-refractivity contribution in [2.24, 2.45) is 0 Å². The van der Waals surface area contributed by atoms with Gasteiger partial charge in [0.2, 0.25) is 0 Å². The maximum absolute atomic E-state index is 13.4. The van der Waals surface area contributed by atoms with E-state index in [4.69, 9.17) is 11.6 Å². The van der Waals surface area contributed by atoms with Crippen LogP contribution in [-0.4, -0.2) is 47.2 Å². The van der Waals surface area contributed by atoms with Gasteiger partial charge in [0.1, 0.15) is 12.2 Å². The quantitative estimate of drug-likeness (QED) is 0.342. The van der Waals surface area contributed by atoms with E-state index < -0.39 is 0 Å². The Morgan fingerprint density at radius 1 is 1.24 bits per heavy atom. The monoisotopic (exact) mass is 532 g/mol. The zero-order valence-electron chi connectivity index (χ0n) is 19.7. The second-order valence-electron chi connectivity index (χ2n) is 8.62. The number of nitrogens with zero attached hydrogens (tertiary/aromatic N) is 6. The first-order chi connectivity index (χ1) is 18.0. The second-order valence-corrected chi connectivity index (χ2v) is 10.1. The van der Waals surface area contributed by atoms with Crippen molar-refractivity contribution in [2.45, 2.75) is 25.8 Å². The van der Waals surface area contributed by atoms with Gasteiger partial charge in [0, 0.05) is 28.9 Å². The fraction of sp³-hybridized carbons (Fsp3) is 0.200. The average Bonchev–Trinajstić information content (AvgIpc) is 3.69. The summed E-state index contributed by atoms with van der Waals surface area (Å²) in [5.41, 5.74) is 3.87. The topological polar surface area (TPSA) is 123 Å². The number of rotatable bonds is 6. The third-order valence-electron chi connectivity index (χ3n) is 6.34. The van der Waals surface area contributed by atoms with Gasteiger partial charge in [0.05, 0.1) is 33.4 Å². The number of H-pyrrole nitrogens is 1. The number of fused-ring (bicyclic) bond motifs is 1. The van der Waals surface area contributed by atoms with Gasteiger partial charge in [-0.1, -0.05) is 11.6 Å². The Hall–Kier alpha value is -4.09. The molecule has 12 heteroatoms. The van der Waals surface area contributed by atoms with Crippen molar-refractivity contribution in [3.05, 3.63) is 86.8 Å². The first-order valence-electron chi connectivity index (χ1n) is 11.7.